The van der Waals surface area contributed by atoms with E-state index in [9.17, 15) is 24.0 Å². The molecule has 0 unspecified atom stereocenters. The molecule has 0 spiro atoms. The lowest BCUT2D eigenvalue weighted by atomic mass is 9.85. The molecule has 2 saturated heterocycles. The zero-order chi connectivity index (χ0) is 54.4. The standard InChI is InChI=1S/C57H71N9O10/c1-32(2)45(62-52(69)75-56(6,7)8)50(67)65-24-12-13-42(65)48-58-26-40(60-48)35-18-14-33(15-19-35)34-16-20-36(21-17-34)41-27-59-49(61-41)43-25-38(29-66(43)51(68)47(55(3,4)5)63-53(70)76-57(9,10)11)74-54(71)64-28-37-22-23-44-46(39(37)30-64)73-31-72-44/h14-23,26-27,32,38,42-43,45,47H,12-13,24-25,28-31H2,1-11H3,(H,58,60)(H,59,61)(H,62,69)(H,63,70)/t38-,42+,43+,45+,47-/m1/s1. The fraction of sp³-hybridized carbons (Fsp3) is 0.491. The maximum atomic E-state index is 14.8. The molecule has 0 aliphatic carbocycles. The van der Waals surface area contributed by atoms with Crippen LogP contribution in [0.2, 0.25) is 0 Å². The highest BCUT2D eigenvalue weighted by Crippen LogP contribution is 2.43. The van der Waals surface area contributed by atoms with E-state index in [2.05, 4.69) is 20.6 Å². The Hall–Kier alpha value is -7.57. The van der Waals surface area contributed by atoms with Gasteiger partial charge in [0.25, 0.3) is 0 Å². The largest absolute Gasteiger partial charge is 0.454 e. The summed E-state index contributed by atoms with van der Waals surface area (Å²) in [4.78, 5) is 89.9. The van der Waals surface area contributed by atoms with Crippen molar-refractivity contribution < 1.29 is 47.7 Å². The Bertz CT molecular complexity index is 2960. The Kier molecular flexibility index (Phi) is 14.6. The van der Waals surface area contributed by atoms with Crippen molar-refractivity contribution in [3.63, 3.8) is 0 Å². The van der Waals surface area contributed by atoms with Gasteiger partial charge in [0, 0.05) is 36.8 Å². The van der Waals surface area contributed by atoms with Gasteiger partial charge in [-0.15, -0.1) is 0 Å². The highest BCUT2D eigenvalue weighted by Gasteiger charge is 2.46. The minimum Gasteiger partial charge on any atom is -0.454 e. The number of likely N-dealkylation sites (tertiary alicyclic amines) is 2. The van der Waals surface area contributed by atoms with E-state index in [4.69, 9.17) is 33.7 Å². The molecular formula is C57H71N9O10. The molecule has 4 N–H and O–H groups in total. The number of carbonyl (C=O) groups excluding carboxylic acids is 5. The maximum absolute atomic E-state index is 14.8. The SMILES string of the molecule is CC(C)[C@H](NC(=O)OC(C)(C)C)C(=O)N1CCC[C@H]1c1nc(-c2ccc(-c3ccc(-c4cnc([C@@H]5C[C@@H](OC(=O)N6Cc7ccc8c(c7C6)OCO8)CN5C(=O)[C@@H](NC(=O)OC(C)(C)C)C(C)(C)C)[nH]4)cc3)cc2)c[nH]1. The number of aromatic nitrogens is 4. The molecular weight excluding hydrogens is 971 g/mol. The van der Waals surface area contributed by atoms with E-state index in [1.807, 2.05) is 106 Å². The van der Waals surface area contributed by atoms with Gasteiger partial charge in [-0.2, -0.15) is 0 Å². The molecule has 3 aromatic carbocycles. The Morgan fingerprint density at radius 2 is 1.38 bits per heavy atom. The average molecular weight is 1040 g/mol. The summed E-state index contributed by atoms with van der Waals surface area (Å²) in [5, 5.41) is 5.64. The number of hydrogen-bond donors (Lipinski definition) is 4. The van der Waals surface area contributed by atoms with Crippen molar-refractivity contribution in [2.75, 3.05) is 19.9 Å². The van der Waals surface area contributed by atoms with Crippen molar-refractivity contribution in [3.8, 4) is 45.1 Å². The Labute approximate surface area is 443 Å². The molecule has 4 aliphatic heterocycles. The summed E-state index contributed by atoms with van der Waals surface area (Å²) >= 11 is 0. The lowest BCUT2D eigenvalue weighted by molar-refractivity contribution is -0.137. The van der Waals surface area contributed by atoms with Crippen molar-refractivity contribution in [2.24, 2.45) is 11.3 Å². The molecule has 6 heterocycles. The highest BCUT2D eigenvalue weighted by atomic mass is 16.7. The summed E-state index contributed by atoms with van der Waals surface area (Å²) < 4.78 is 28.5. The molecule has 9 rings (SSSR count). The maximum Gasteiger partial charge on any atom is 0.410 e. The number of H-pyrrole nitrogens is 2. The normalized spacial score (nSPS) is 19.1. The van der Waals surface area contributed by atoms with Gasteiger partial charge in [0.05, 0.1) is 42.8 Å². The molecule has 2 fully saturated rings. The topological polar surface area (TPSA) is 223 Å². The number of nitrogens with zero attached hydrogens (tertiary/aromatic N) is 5. The van der Waals surface area contributed by atoms with E-state index in [1.165, 1.54) is 0 Å². The van der Waals surface area contributed by atoms with E-state index in [0.717, 1.165) is 57.6 Å². The van der Waals surface area contributed by atoms with Crippen LogP contribution in [0.15, 0.2) is 73.1 Å². The molecule has 4 aliphatic rings. The van der Waals surface area contributed by atoms with Crippen LogP contribution >= 0.6 is 0 Å². The Morgan fingerprint density at radius 3 is 2.03 bits per heavy atom. The number of ether oxygens (including phenoxy) is 5. The number of alkyl carbamates (subject to hydrolysis) is 2. The first-order valence-electron chi connectivity index (χ1n) is 26.2. The van der Waals surface area contributed by atoms with Crippen LogP contribution in [0.25, 0.3) is 33.6 Å². The van der Waals surface area contributed by atoms with Crippen LogP contribution in [-0.4, -0.2) is 114 Å². The first-order valence-corrected chi connectivity index (χ1v) is 26.2. The molecule has 2 aromatic heterocycles. The predicted molar refractivity (Wildman–Crippen MR) is 282 cm³/mol. The molecule has 5 aromatic rings. The van der Waals surface area contributed by atoms with Crippen LogP contribution in [0, 0.1) is 11.3 Å². The molecule has 0 bridgehead atoms. The van der Waals surface area contributed by atoms with E-state index >= 15 is 0 Å². The van der Waals surface area contributed by atoms with Crippen LogP contribution in [-0.2, 0) is 36.9 Å². The minimum absolute atomic E-state index is 0.0748. The zero-order valence-electron chi connectivity index (χ0n) is 45.4. The van der Waals surface area contributed by atoms with Gasteiger partial charge in [-0.1, -0.05) is 89.2 Å². The number of benzene rings is 3. The number of amides is 5. The monoisotopic (exact) mass is 1040 g/mol. The molecule has 404 valence electrons. The Balaban J connectivity index is 0.882. The number of fused-ring (bicyclic) bond motifs is 3. The van der Waals surface area contributed by atoms with Gasteiger partial charge in [0.2, 0.25) is 18.6 Å². The van der Waals surface area contributed by atoms with Crippen molar-refractivity contribution in [1.82, 2.24) is 45.3 Å². The lowest BCUT2D eigenvalue weighted by Gasteiger charge is -2.35. The second-order valence-corrected chi connectivity index (χ2v) is 23.6. The second kappa shape index (κ2) is 20.9. The average Bonchev–Trinajstić information content (AvgIpc) is 4.22. The van der Waals surface area contributed by atoms with Crippen LogP contribution in [0.3, 0.4) is 0 Å². The minimum atomic E-state index is -0.982. The second-order valence-electron chi connectivity index (χ2n) is 23.6. The number of rotatable bonds is 11. The molecule has 5 amide bonds. The van der Waals surface area contributed by atoms with E-state index < -0.39 is 59.1 Å². The third-order valence-electron chi connectivity index (χ3n) is 14.0. The van der Waals surface area contributed by atoms with Gasteiger partial charge in [0.15, 0.2) is 11.5 Å². The molecule has 0 saturated carbocycles. The highest BCUT2D eigenvalue weighted by molar-refractivity contribution is 5.88. The third kappa shape index (κ3) is 11.8. The number of aromatic amines is 2. The summed E-state index contributed by atoms with van der Waals surface area (Å²) in [7, 11) is 0. The fourth-order valence-electron chi connectivity index (χ4n) is 10.2. The first kappa shape index (κ1) is 53.3. The molecule has 0 radical (unpaired) electrons. The summed E-state index contributed by atoms with van der Waals surface area (Å²) in [6.45, 7) is 21.5. The van der Waals surface area contributed by atoms with Crippen molar-refractivity contribution in [3.05, 3.63) is 95.8 Å². The molecule has 19 heteroatoms. The van der Waals surface area contributed by atoms with E-state index in [-0.39, 0.29) is 43.5 Å². The molecule has 5 atom stereocenters. The number of nitrogens with one attached hydrogen (secondary N) is 4. The number of imidazole rings is 2. The third-order valence-corrected chi connectivity index (χ3v) is 14.0. The van der Waals surface area contributed by atoms with Crippen LogP contribution in [0.4, 0.5) is 14.4 Å². The van der Waals surface area contributed by atoms with Crippen LogP contribution < -0.4 is 20.1 Å². The number of carbonyl (C=O) groups is 5. The van der Waals surface area contributed by atoms with Gasteiger partial charge in [-0.05, 0) is 94.0 Å². The van der Waals surface area contributed by atoms with Crippen LogP contribution in [0.5, 0.6) is 11.5 Å². The summed E-state index contributed by atoms with van der Waals surface area (Å²) in [6, 6.07) is 17.4. The van der Waals surface area contributed by atoms with E-state index in [0.29, 0.717) is 42.8 Å². The van der Waals surface area contributed by atoms with Gasteiger partial charge in [-0.25, -0.2) is 24.4 Å². The summed E-state index contributed by atoms with van der Waals surface area (Å²) in [5.41, 5.74) is 4.91. The molecule has 19 nitrogen and oxygen atoms in total. The van der Waals surface area contributed by atoms with Crippen molar-refractivity contribution >= 4 is 30.1 Å². The van der Waals surface area contributed by atoms with Gasteiger partial charge < -0.3 is 54.1 Å². The van der Waals surface area contributed by atoms with Crippen molar-refractivity contribution in [2.45, 2.75) is 150 Å². The first-order chi connectivity index (χ1) is 35.9. The molecule has 76 heavy (non-hydrogen) atoms. The summed E-state index contributed by atoms with van der Waals surface area (Å²) in [5.74, 6) is 1.83. The number of hydrogen-bond acceptors (Lipinski definition) is 12. The lowest BCUT2D eigenvalue weighted by Crippen LogP contribution is -2.55. The smallest absolute Gasteiger partial charge is 0.410 e. The zero-order valence-corrected chi connectivity index (χ0v) is 45.4. The predicted octanol–water partition coefficient (Wildman–Crippen LogP) is 9.81. The fourth-order valence-corrected chi connectivity index (χ4v) is 10.2. The van der Waals surface area contributed by atoms with Crippen molar-refractivity contribution in [1.29, 1.82) is 0 Å². The van der Waals surface area contributed by atoms with Gasteiger partial charge >= 0.3 is 18.3 Å². The Morgan fingerprint density at radius 1 is 0.737 bits per heavy atom. The van der Waals surface area contributed by atoms with Crippen LogP contribution in [0.1, 0.15) is 130 Å². The van der Waals surface area contributed by atoms with Gasteiger partial charge in [0.1, 0.15) is 41.0 Å². The van der Waals surface area contributed by atoms with E-state index in [1.54, 1.807) is 57.5 Å². The summed E-state index contributed by atoms with van der Waals surface area (Å²) in [6.07, 6.45) is 2.90. The van der Waals surface area contributed by atoms with Gasteiger partial charge in [-0.3, -0.25) is 14.5 Å². The quantitative estimate of drug-likeness (QED) is 0.0908.